The van der Waals surface area contributed by atoms with Crippen molar-refractivity contribution in [2.45, 2.75) is 39.2 Å². The summed E-state index contributed by atoms with van der Waals surface area (Å²) in [4.78, 5) is 5.36. The zero-order valence-corrected chi connectivity index (χ0v) is 11.6. The first-order valence-electron chi connectivity index (χ1n) is 7.44. The standard InChI is InChI=1S/C14H29N3/c1-13(2)14-12-15-6-9-17(14)11-10-16-7-4-3-5-8-16/h13-15H,3-12H2,1-2H3. The average molecular weight is 239 g/mol. The Labute approximate surface area is 107 Å². The lowest BCUT2D eigenvalue weighted by Gasteiger charge is -2.40. The molecule has 0 radical (unpaired) electrons. The lowest BCUT2D eigenvalue weighted by Crippen LogP contribution is -2.55. The van der Waals surface area contributed by atoms with Crippen molar-refractivity contribution >= 4 is 0 Å². The van der Waals surface area contributed by atoms with Crippen LogP contribution in [0.3, 0.4) is 0 Å². The molecule has 2 aliphatic heterocycles. The van der Waals surface area contributed by atoms with Crippen LogP contribution < -0.4 is 5.32 Å². The molecule has 3 nitrogen and oxygen atoms in total. The third-order valence-electron chi connectivity index (χ3n) is 4.32. The van der Waals surface area contributed by atoms with Gasteiger partial charge in [-0.25, -0.2) is 0 Å². The maximum atomic E-state index is 3.53. The highest BCUT2D eigenvalue weighted by molar-refractivity contribution is 4.82. The monoisotopic (exact) mass is 239 g/mol. The predicted octanol–water partition coefficient (Wildman–Crippen LogP) is 1.40. The topological polar surface area (TPSA) is 18.5 Å². The van der Waals surface area contributed by atoms with E-state index < -0.39 is 0 Å². The lowest BCUT2D eigenvalue weighted by molar-refractivity contribution is 0.102. The van der Waals surface area contributed by atoms with Gasteiger partial charge in [0.25, 0.3) is 0 Å². The number of nitrogens with one attached hydrogen (secondary N) is 1. The van der Waals surface area contributed by atoms with E-state index in [2.05, 4.69) is 29.0 Å². The fourth-order valence-corrected chi connectivity index (χ4v) is 3.16. The molecule has 0 saturated carbocycles. The third-order valence-corrected chi connectivity index (χ3v) is 4.32. The van der Waals surface area contributed by atoms with E-state index in [1.165, 1.54) is 65.1 Å². The molecule has 0 aliphatic carbocycles. The van der Waals surface area contributed by atoms with Crippen LogP contribution in [0.5, 0.6) is 0 Å². The zero-order chi connectivity index (χ0) is 12.1. The first-order valence-corrected chi connectivity index (χ1v) is 7.44. The molecule has 0 aromatic heterocycles. The van der Waals surface area contributed by atoms with Crippen molar-refractivity contribution in [1.29, 1.82) is 0 Å². The van der Waals surface area contributed by atoms with E-state index in [1.54, 1.807) is 0 Å². The van der Waals surface area contributed by atoms with E-state index in [0.29, 0.717) is 0 Å². The number of hydrogen-bond donors (Lipinski definition) is 1. The summed E-state index contributed by atoms with van der Waals surface area (Å²) in [6.07, 6.45) is 4.27. The van der Waals surface area contributed by atoms with Crippen molar-refractivity contribution in [1.82, 2.24) is 15.1 Å². The molecular formula is C14H29N3. The molecule has 2 fully saturated rings. The van der Waals surface area contributed by atoms with E-state index in [0.717, 1.165) is 12.0 Å². The van der Waals surface area contributed by atoms with Crippen LogP contribution in [-0.2, 0) is 0 Å². The molecule has 1 atom stereocenters. The lowest BCUT2D eigenvalue weighted by atomic mass is 10.0. The van der Waals surface area contributed by atoms with Gasteiger partial charge in [0, 0.05) is 38.8 Å². The van der Waals surface area contributed by atoms with Crippen molar-refractivity contribution in [2.24, 2.45) is 5.92 Å². The summed E-state index contributed by atoms with van der Waals surface area (Å²) in [5.41, 5.74) is 0. The van der Waals surface area contributed by atoms with Crippen LogP contribution in [0.1, 0.15) is 33.1 Å². The average Bonchev–Trinajstić information content (AvgIpc) is 2.38. The fourth-order valence-electron chi connectivity index (χ4n) is 3.16. The largest absolute Gasteiger partial charge is 0.314 e. The van der Waals surface area contributed by atoms with Crippen LogP contribution in [0.4, 0.5) is 0 Å². The Morgan fingerprint density at radius 2 is 1.82 bits per heavy atom. The number of nitrogens with zero attached hydrogens (tertiary/aromatic N) is 2. The Morgan fingerprint density at radius 1 is 1.06 bits per heavy atom. The van der Waals surface area contributed by atoms with Crippen molar-refractivity contribution in [3.8, 4) is 0 Å². The number of piperazine rings is 1. The van der Waals surface area contributed by atoms with E-state index in [4.69, 9.17) is 0 Å². The van der Waals surface area contributed by atoms with Gasteiger partial charge in [-0.2, -0.15) is 0 Å². The summed E-state index contributed by atoms with van der Waals surface area (Å²) in [5.74, 6) is 0.768. The van der Waals surface area contributed by atoms with Gasteiger partial charge in [0.15, 0.2) is 0 Å². The molecule has 2 heterocycles. The van der Waals surface area contributed by atoms with Crippen LogP contribution in [0.15, 0.2) is 0 Å². The number of likely N-dealkylation sites (tertiary alicyclic amines) is 1. The predicted molar refractivity (Wildman–Crippen MR) is 73.4 cm³/mol. The van der Waals surface area contributed by atoms with Crippen molar-refractivity contribution in [2.75, 3.05) is 45.8 Å². The quantitative estimate of drug-likeness (QED) is 0.800. The SMILES string of the molecule is CC(C)C1CNCCN1CCN1CCCCC1. The first kappa shape index (κ1) is 13.3. The summed E-state index contributed by atoms with van der Waals surface area (Å²) >= 11 is 0. The molecular weight excluding hydrogens is 210 g/mol. The van der Waals surface area contributed by atoms with Crippen LogP contribution in [-0.4, -0.2) is 61.7 Å². The molecule has 1 unspecified atom stereocenters. The highest BCUT2D eigenvalue weighted by Crippen LogP contribution is 2.14. The van der Waals surface area contributed by atoms with Gasteiger partial charge < -0.3 is 10.2 Å². The third kappa shape index (κ3) is 3.94. The number of piperidine rings is 1. The maximum absolute atomic E-state index is 3.53. The minimum absolute atomic E-state index is 0.744. The molecule has 0 bridgehead atoms. The highest BCUT2D eigenvalue weighted by Gasteiger charge is 2.24. The van der Waals surface area contributed by atoms with Gasteiger partial charge in [-0.3, -0.25) is 4.90 Å². The Morgan fingerprint density at radius 3 is 2.53 bits per heavy atom. The molecule has 1 N–H and O–H groups in total. The molecule has 3 heteroatoms. The number of rotatable bonds is 4. The second-order valence-corrected chi connectivity index (χ2v) is 5.95. The van der Waals surface area contributed by atoms with Gasteiger partial charge >= 0.3 is 0 Å². The van der Waals surface area contributed by atoms with Crippen LogP contribution in [0, 0.1) is 5.92 Å². The van der Waals surface area contributed by atoms with Crippen molar-refractivity contribution < 1.29 is 0 Å². The molecule has 0 spiro atoms. The van der Waals surface area contributed by atoms with E-state index in [9.17, 15) is 0 Å². The Kier molecular flexibility index (Phi) is 5.26. The smallest absolute Gasteiger partial charge is 0.0244 e. The minimum atomic E-state index is 0.744. The summed E-state index contributed by atoms with van der Waals surface area (Å²) in [5, 5.41) is 3.53. The Hall–Kier alpha value is -0.120. The molecule has 2 rings (SSSR count). The maximum Gasteiger partial charge on any atom is 0.0244 e. The van der Waals surface area contributed by atoms with Crippen molar-refractivity contribution in [3.63, 3.8) is 0 Å². The van der Waals surface area contributed by atoms with Crippen LogP contribution in [0.25, 0.3) is 0 Å². The van der Waals surface area contributed by atoms with Crippen LogP contribution in [0.2, 0.25) is 0 Å². The Balaban J connectivity index is 1.75. The van der Waals surface area contributed by atoms with Crippen LogP contribution >= 0.6 is 0 Å². The minimum Gasteiger partial charge on any atom is -0.314 e. The second kappa shape index (κ2) is 6.72. The zero-order valence-electron chi connectivity index (χ0n) is 11.6. The second-order valence-electron chi connectivity index (χ2n) is 5.95. The van der Waals surface area contributed by atoms with Gasteiger partial charge in [0.2, 0.25) is 0 Å². The van der Waals surface area contributed by atoms with E-state index in [1.807, 2.05) is 0 Å². The normalized spacial score (nSPS) is 28.8. The molecule has 2 saturated heterocycles. The van der Waals surface area contributed by atoms with Gasteiger partial charge in [0.1, 0.15) is 0 Å². The first-order chi connectivity index (χ1) is 8.27. The summed E-state index contributed by atoms with van der Waals surface area (Å²) in [7, 11) is 0. The van der Waals surface area contributed by atoms with Crippen molar-refractivity contribution in [3.05, 3.63) is 0 Å². The molecule has 100 valence electrons. The Bertz CT molecular complexity index is 212. The summed E-state index contributed by atoms with van der Waals surface area (Å²) in [6, 6.07) is 0.744. The summed E-state index contributed by atoms with van der Waals surface area (Å²) in [6.45, 7) is 13.5. The van der Waals surface area contributed by atoms with E-state index >= 15 is 0 Å². The number of hydrogen-bond acceptors (Lipinski definition) is 3. The highest BCUT2D eigenvalue weighted by atomic mass is 15.2. The van der Waals surface area contributed by atoms with Gasteiger partial charge in [-0.05, 0) is 31.8 Å². The van der Waals surface area contributed by atoms with Gasteiger partial charge in [-0.15, -0.1) is 0 Å². The fraction of sp³-hybridized carbons (Fsp3) is 1.00. The summed E-state index contributed by atoms with van der Waals surface area (Å²) < 4.78 is 0. The molecule has 0 aromatic carbocycles. The van der Waals surface area contributed by atoms with Gasteiger partial charge in [0.05, 0.1) is 0 Å². The van der Waals surface area contributed by atoms with Gasteiger partial charge in [-0.1, -0.05) is 20.3 Å². The molecule has 0 aromatic rings. The molecule has 17 heavy (non-hydrogen) atoms. The van der Waals surface area contributed by atoms with E-state index in [-0.39, 0.29) is 0 Å². The molecule has 0 amide bonds. The molecule has 2 aliphatic rings.